The van der Waals surface area contributed by atoms with Crippen LogP contribution < -0.4 is 9.04 Å². The fraction of sp³-hybridized carbons (Fsp3) is 0.316. The van der Waals surface area contributed by atoms with Gasteiger partial charge in [0.25, 0.3) is 10.0 Å². The third-order valence-corrected chi connectivity index (χ3v) is 6.40. The van der Waals surface area contributed by atoms with Gasteiger partial charge in [0.15, 0.2) is 0 Å². The molecule has 1 aliphatic heterocycles. The smallest absolute Gasteiger partial charge is 0.346 e. The average molecular weight is 410 g/mol. The van der Waals surface area contributed by atoms with Crippen LogP contribution in [0.3, 0.4) is 0 Å². The number of hydrogen-bond donors (Lipinski definition) is 1. The summed E-state index contributed by atoms with van der Waals surface area (Å²) in [7, 11) is -3.99. The van der Waals surface area contributed by atoms with Gasteiger partial charge in [0.1, 0.15) is 5.75 Å². The van der Waals surface area contributed by atoms with E-state index in [2.05, 4.69) is 0 Å². The van der Waals surface area contributed by atoms with E-state index in [4.69, 9.17) is 16.3 Å². The maximum atomic E-state index is 13.2. The SMILES string of the molecule is CC(C)(C)c1ccc(S(=O)(=O)N2C[C@@H](C(=O)O)Oc3ccc(Cl)cc32)cc1. The molecular weight excluding hydrogens is 390 g/mol. The first kappa shape index (κ1) is 19.5. The van der Waals surface area contributed by atoms with E-state index >= 15 is 0 Å². The van der Waals surface area contributed by atoms with Crippen LogP contribution in [0.2, 0.25) is 5.02 Å². The van der Waals surface area contributed by atoms with Crippen LogP contribution >= 0.6 is 11.6 Å². The molecule has 0 unspecified atom stereocenters. The molecule has 0 saturated carbocycles. The fourth-order valence-electron chi connectivity index (χ4n) is 2.83. The van der Waals surface area contributed by atoms with Crippen LogP contribution in [-0.2, 0) is 20.2 Å². The predicted molar refractivity (Wildman–Crippen MR) is 103 cm³/mol. The van der Waals surface area contributed by atoms with Crippen molar-refractivity contribution in [1.82, 2.24) is 0 Å². The normalized spacial score (nSPS) is 17.2. The molecule has 1 N–H and O–H groups in total. The zero-order chi connectivity index (χ0) is 20.0. The Labute approximate surface area is 163 Å². The minimum absolute atomic E-state index is 0.0764. The zero-order valence-corrected chi connectivity index (χ0v) is 16.7. The Morgan fingerprint density at radius 1 is 1.19 bits per heavy atom. The number of anilines is 1. The third kappa shape index (κ3) is 3.75. The molecule has 2 aromatic carbocycles. The number of carboxylic acids is 1. The van der Waals surface area contributed by atoms with Gasteiger partial charge in [-0.25, -0.2) is 13.2 Å². The van der Waals surface area contributed by atoms with E-state index in [1.807, 2.05) is 20.8 Å². The lowest BCUT2D eigenvalue weighted by atomic mass is 9.87. The number of sulfonamides is 1. The summed E-state index contributed by atoms with van der Waals surface area (Å²) in [6, 6.07) is 11.0. The van der Waals surface area contributed by atoms with Crippen molar-refractivity contribution in [3.05, 3.63) is 53.1 Å². The number of rotatable bonds is 3. The molecule has 27 heavy (non-hydrogen) atoms. The van der Waals surface area contributed by atoms with Gasteiger partial charge in [-0.1, -0.05) is 44.5 Å². The highest BCUT2D eigenvalue weighted by Gasteiger charge is 2.37. The highest BCUT2D eigenvalue weighted by atomic mass is 35.5. The number of ether oxygens (including phenoxy) is 1. The molecule has 0 saturated heterocycles. The number of halogens is 1. The maximum absolute atomic E-state index is 13.2. The van der Waals surface area contributed by atoms with Crippen LogP contribution in [-0.4, -0.2) is 32.1 Å². The summed E-state index contributed by atoms with van der Waals surface area (Å²) in [5.41, 5.74) is 1.10. The molecule has 0 aliphatic carbocycles. The molecule has 1 aliphatic rings. The standard InChI is InChI=1S/C19H20ClNO5S/c1-19(2,3)12-4-7-14(8-5-12)27(24,25)21-11-17(18(22)23)26-16-9-6-13(20)10-15(16)21/h4-10,17H,11H2,1-3H3,(H,22,23)/t17-/m0/s1. The average Bonchev–Trinajstić information content (AvgIpc) is 2.60. The van der Waals surface area contributed by atoms with Crippen molar-refractivity contribution >= 4 is 33.3 Å². The van der Waals surface area contributed by atoms with Gasteiger partial charge in [-0.2, -0.15) is 0 Å². The summed E-state index contributed by atoms with van der Waals surface area (Å²) >= 11 is 6.01. The second kappa shape index (κ2) is 6.73. The summed E-state index contributed by atoms with van der Waals surface area (Å²) in [4.78, 5) is 11.5. The molecule has 0 spiro atoms. The second-order valence-electron chi connectivity index (χ2n) is 7.37. The van der Waals surface area contributed by atoms with Gasteiger partial charge in [-0.3, -0.25) is 4.31 Å². The molecule has 0 radical (unpaired) electrons. The molecule has 0 fully saturated rings. The number of hydrogen-bond acceptors (Lipinski definition) is 4. The van der Waals surface area contributed by atoms with E-state index in [1.54, 1.807) is 12.1 Å². The molecule has 6 nitrogen and oxygen atoms in total. The zero-order valence-electron chi connectivity index (χ0n) is 15.1. The van der Waals surface area contributed by atoms with Crippen LogP contribution in [0.25, 0.3) is 0 Å². The van der Waals surface area contributed by atoms with Gasteiger partial charge in [-0.15, -0.1) is 0 Å². The van der Waals surface area contributed by atoms with Crippen LogP contribution in [0, 0.1) is 0 Å². The van der Waals surface area contributed by atoms with Crippen molar-refractivity contribution in [3.63, 3.8) is 0 Å². The van der Waals surface area contributed by atoms with Crippen molar-refractivity contribution in [2.24, 2.45) is 0 Å². The lowest BCUT2D eigenvalue weighted by molar-refractivity contribution is -0.144. The first-order valence-corrected chi connectivity index (χ1v) is 10.1. The summed E-state index contributed by atoms with van der Waals surface area (Å²) in [6.07, 6.45) is -1.30. The highest BCUT2D eigenvalue weighted by molar-refractivity contribution is 7.92. The van der Waals surface area contributed by atoms with E-state index in [1.165, 1.54) is 30.3 Å². The van der Waals surface area contributed by atoms with E-state index in [-0.39, 0.29) is 28.3 Å². The lowest BCUT2D eigenvalue weighted by Crippen LogP contribution is -2.47. The van der Waals surface area contributed by atoms with Gasteiger partial charge in [-0.05, 0) is 41.3 Å². The Bertz CT molecular complexity index is 980. The van der Waals surface area contributed by atoms with E-state index in [0.29, 0.717) is 5.02 Å². The van der Waals surface area contributed by atoms with E-state index in [0.717, 1.165) is 9.87 Å². The molecule has 0 amide bonds. The summed E-state index contributed by atoms with van der Waals surface area (Å²) in [6.45, 7) is 5.77. The van der Waals surface area contributed by atoms with Crippen LogP contribution in [0.5, 0.6) is 5.75 Å². The Balaban J connectivity index is 2.07. The predicted octanol–water partition coefficient (Wildman–Crippen LogP) is 3.68. The molecule has 3 rings (SSSR count). The largest absolute Gasteiger partial charge is 0.478 e. The number of aliphatic carboxylic acids is 1. The molecule has 0 bridgehead atoms. The molecule has 8 heteroatoms. The molecular formula is C19H20ClNO5S. The monoisotopic (exact) mass is 409 g/mol. The lowest BCUT2D eigenvalue weighted by Gasteiger charge is -2.34. The van der Waals surface area contributed by atoms with Gasteiger partial charge in [0.2, 0.25) is 6.10 Å². The van der Waals surface area contributed by atoms with Gasteiger partial charge >= 0.3 is 5.97 Å². The first-order chi connectivity index (χ1) is 12.5. The first-order valence-electron chi connectivity index (χ1n) is 8.32. The quantitative estimate of drug-likeness (QED) is 0.835. The molecule has 0 aromatic heterocycles. The molecule has 1 heterocycles. The number of benzene rings is 2. The summed E-state index contributed by atoms with van der Waals surface area (Å²) in [5.74, 6) is -1.08. The Hall–Kier alpha value is -2.25. The van der Waals surface area contributed by atoms with Gasteiger partial charge in [0.05, 0.1) is 17.1 Å². The minimum Gasteiger partial charge on any atom is -0.478 e. The minimum atomic E-state index is -3.99. The highest BCUT2D eigenvalue weighted by Crippen LogP contribution is 2.39. The summed E-state index contributed by atoms with van der Waals surface area (Å²) < 4.78 is 32.9. The Kier molecular flexibility index (Phi) is 4.86. The van der Waals surface area contributed by atoms with Crippen molar-refractivity contribution in [2.45, 2.75) is 37.2 Å². The van der Waals surface area contributed by atoms with Crippen LogP contribution in [0.15, 0.2) is 47.4 Å². The topological polar surface area (TPSA) is 83.9 Å². The van der Waals surface area contributed by atoms with E-state index < -0.39 is 22.1 Å². The Morgan fingerprint density at radius 3 is 2.37 bits per heavy atom. The van der Waals surface area contributed by atoms with Crippen molar-refractivity contribution in [2.75, 3.05) is 10.8 Å². The van der Waals surface area contributed by atoms with Crippen molar-refractivity contribution in [1.29, 1.82) is 0 Å². The van der Waals surface area contributed by atoms with E-state index in [9.17, 15) is 18.3 Å². The summed E-state index contributed by atoms with van der Waals surface area (Å²) in [5, 5.41) is 9.65. The number of carboxylic acid groups (broad SMARTS) is 1. The number of fused-ring (bicyclic) bond motifs is 1. The molecule has 1 atom stereocenters. The van der Waals surface area contributed by atoms with Crippen molar-refractivity contribution in [3.8, 4) is 5.75 Å². The number of carbonyl (C=O) groups is 1. The second-order valence-corrected chi connectivity index (χ2v) is 9.67. The third-order valence-electron chi connectivity index (χ3n) is 4.37. The fourth-order valence-corrected chi connectivity index (χ4v) is 4.47. The van der Waals surface area contributed by atoms with Crippen LogP contribution in [0.1, 0.15) is 26.3 Å². The van der Waals surface area contributed by atoms with Crippen LogP contribution in [0.4, 0.5) is 5.69 Å². The van der Waals surface area contributed by atoms with Crippen molar-refractivity contribution < 1.29 is 23.1 Å². The van der Waals surface area contributed by atoms with Gasteiger partial charge < -0.3 is 9.84 Å². The maximum Gasteiger partial charge on any atom is 0.346 e. The van der Waals surface area contributed by atoms with Gasteiger partial charge in [0, 0.05) is 5.02 Å². The number of nitrogens with zero attached hydrogens (tertiary/aromatic N) is 1. The molecule has 144 valence electrons. The molecule has 2 aromatic rings. The Morgan fingerprint density at radius 2 is 1.81 bits per heavy atom.